The molecule has 12 heteroatoms. The normalized spacial score (nSPS) is 22.4. The minimum absolute atomic E-state index is 0.0401. The molecule has 4 rings (SSSR count). The van der Waals surface area contributed by atoms with Gasteiger partial charge in [-0.1, -0.05) is 6.92 Å². The van der Waals surface area contributed by atoms with Crippen LogP contribution in [0.15, 0.2) is 42.5 Å². The van der Waals surface area contributed by atoms with Gasteiger partial charge in [0.25, 0.3) is 5.91 Å². The highest BCUT2D eigenvalue weighted by molar-refractivity contribution is 6.02. The van der Waals surface area contributed by atoms with Gasteiger partial charge in [0, 0.05) is 43.5 Å². The number of halogens is 3. The highest BCUT2D eigenvalue weighted by Gasteiger charge is 2.32. The van der Waals surface area contributed by atoms with E-state index < -0.39 is 23.8 Å². The van der Waals surface area contributed by atoms with E-state index in [1.807, 2.05) is 6.92 Å². The van der Waals surface area contributed by atoms with Gasteiger partial charge in [-0.2, -0.15) is 13.2 Å². The van der Waals surface area contributed by atoms with E-state index in [0.29, 0.717) is 24.6 Å². The summed E-state index contributed by atoms with van der Waals surface area (Å²) in [5.74, 6) is 0.707. The molecule has 1 saturated carbocycles. The molecule has 4 atom stereocenters. The number of likely N-dealkylation sites (N-methyl/N-ethyl adjacent to an activating group) is 1. The topological polar surface area (TPSA) is 103 Å². The van der Waals surface area contributed by atoms with Crippen LogP contribution in [0.4, 0.5) is 29.3 Å². The standard InChI is InChI=1S/C34H47F3N4O5/c1-22-18-41(23(2)21-42)32(43)29-17-28(39-33(44)38-27-12-10-26(11-13-27)34(35,36)37)14-15-30(29)46-24(3)7-5-6-16-45-31(22)20-40(4)19-25-8-9-25/h10-15,17,22-25,31,42H,5-9,16,18-21H2,1-4H3,(H2,38,39,44)/t22-,23-,24-,31+/m1/s1. The molecule has 2 aromatic rings. The molecule has 1 aliphatic carbocycles. The number of nitrogens with zero attached hydrogens (tertiary/aromatic N) is 2. The average molecular weight is 649 g/mol. The van der Waals surface area contributed by atoms with E-state index in [1.165, 1.54) is 31.0 Å². The number of hydrogen-bond donors (Lipinski definition) is 3. The Balaban J connectivity index is 1.57. The Morgan fingerprint density at radius 1 is 1.04 bits per heavy atom. The van der Waals surface area contributed by atoms with Crippen LogP contribution < -0.4 is 15.4 Å². The molecule has 3 amide bonds. The third-order valence-corrected chi connectivity index (χ3v) is 8.54. The quantitative estimate of drug-likeness (QED) is 0.303. The maximum absolute atomic E-state index is 14.2. The van der Waals surface area contributed by atoms with Gasteiger partial charge in [0.1, 0.15) is 5.75 Å². The van der Waals surface area contributed by atoms with E-state index >= 15 is 0 Å². The molecule has 46 heavy (non-hydrogen) atoms. The zero-order chi connectivity index (χ0) is 33.4. The fourth-order valence-electron chi connectivity index (χ4n) is 5.62. The summed E-state index contributed by atoms with van der Waals surface area (Å²) in [6.45, 7) is 8.26. The number of rotatable bonds is 8. The van der Waals surface area contributed by atoms with Crippen molar-refractivity contribution >= 4 is 23.3 Å². The molecule has 1 aliphatic heterocycles. The Hall–Kier alpha value is -3.35. The van der Waals surface area contributed by atoms with Crippen molar-refractivity contribution in [2.75, 3.05) is 50.5 Å². The summed E-state index contributed by atoms with van der Waals surface area (Å²) >= 11 is 0. The highest BCUT2D eigenvalue weighted by Crippen LogP contribution is 2.32. The molecule has 0 unspecified atom stereocenters. The first kappa shape index (κ1) is 35.5. The number of benzene rings is 2. The van der Waals surface area contributed by atoms with Crippen LogP contribution in [0.1, 0.15) is 68.8 Å². The van der Waals surface area contributed by atoms with Gasteiger partial charge in [0.05, 0.1) is 36.0 Å². The minimum atomic E-state index is -4.48. The second kappa shape index (κ2) is 16.0. The number of nitrogens with one attached hydrogen (secondary N) is 2. The van der Waals surface area contributed by atoms with Crippen LogP contribution in [0, 0.1) is 11.8 Å². The maximum Gasteiger partial charge on any atom is 0.416 e. The molecular formula is C34H47F3N4O5. The number of hydrogen-bond acceptors (Lipinski definition) is 6. The summed E-state index contributed by atoms with van der Waals surface area (Å²) < 4.78 is 51.4. The zero-order valence-electron chi connectivity index (χ0n) is 27.1. The van der Waals surface area contributed by atoms with E-state index in [-0.39, 0.29) is 41.9 Å². The Kier molecular flexibility index (Phi) is 12.3. The Morgan fingerprint density at radius 2 is 1.72 bits per heavy atom. The predicted octanol–water partition coefficient (Wildman–Crippen LogP) is 6.49. The molecule has 1 fully saturated rings. The van der Waals surface area contributed by atoms with Gasteiger partial charge >= 0.3 is 12.2 Å². The van der Waals surface area contributed by atoms with Crippen LogP contribution >= 0.6 is 0 Å². The van der Waals surface area contributed by atoms with Crippen LogP contribution in [-0.4, -0.2) is 85.0 Å². The fourth-order valence-corrected chi connectivity index (χ4v) is 5.62. The molecule has 0 radical (unpaired) electrons. The van der Waals surface area contributed by atoms with Crippen molar-refractivity contribution in [1.82, 2.24) is 9.80 Å². The van der Waals surface area contributed by atoms with Gasteiger partial charge in [-0.25, -0.2) is 4.79 Å². The van der Waals surface area contributed by atoms with Crippen LogP contribution in [0.5, 0.6) is 5.75 Å². The minimum Gasteiger partial charge on any atom is -0.490 e. The van der Waals surface area contributed by atoms with Crippen molar-refractivity contribution in [3.8, 4) is 5.75 Å². The summed E-state index contributed by atoms with van der Waals surface area (Å²) in [5.41, 5.74) is -0.126. The van der Waals surface area contributed by atoms with E-state index in [4.69, 9.17) is 9.47 Å². The second-order valence-corrected chi connectivity index (χ2v) is 12.8. The third-order valence-electron chi connectivity index (χ3n) is 8.54. The Labute approximate surface area is 269 Å². The largest absolute Gasteiger partial charge is 0.490 e. The number of fused-ring (bicyclic) bond motifs is 1. The van der Waals surface area contributed by atoms with E-state index in [0.717, 1.165) is 50.4 Å². The molecule has 0 spiro atoms. The number of ether oxygens (including phenoxy) is 2. The van der Waals surface area contributed by atoms with E-state index in [9.17, 15) is 27.9 Å². The molecule has 1 heterocycles. The first-order valence-electron chi connectivity index (χ1n) is 16.1. The van der Waals surface area contributed by atoms with Crippen molar-refractivity contribution in [2.45, 2.75) is 77.3 Å². The SMILES string of the molecule is C[C@@H]1CCCCO[C@@H](CN(C)CC2CC2)[C@H](C)CN([C@H](C)CO)C(=O)c2cc(NC(=O)Nc3ccc(C(F)(F)F)cc3)ccc2O1. The number of alkyl halides is 3. The van der Waals surface area contributed by atoms with Gasteiger partial charge in [-0.3, -0.25) is 4.79 Å². The maximum atomic E-state index is 14.2. The summed E-state index contributed by atoms with van der Waals surface area (Å²) in [6.07, 6.45) is 0.252. The van der Waals surface area contributed by atoms with Gasteiger partial charge in [0.15, 0.2) is 0 Å². The smallest absolute Gasteiger partial charge is 0.416 e. The fraction of sp³-hybridized carbons (Fsp3) is 0.588. The summed E-state index contributed by atoms with van der Waals surface area (Å²) in [6, 6.07) is 7.69. The zero-order valence-corrected chi connectivity index (χ0v) is 27.1. The van der Waals surface area contributed by atoms with Crippen LogP contribution in [0.2, 0.25) is 0 Å². The van der Waals surface area contributed by atoms with Crippen LogP contribution in [-0.2, 0) is 10.9 Å². The molecular weight excluding hydrogens is 601 g/mol. The molecule has 3 N–H and O–H groups in total. The van der Waals surface area contributed by atoms with Crippen LogP contribution in [0.3, 0.4) is 0 Å². The third kappa shape index (κ3) is 10.3. The van der Waals surface area contributed by atoms with Gasteiger partial charge in [-0.15, -0.1) is 0 Å². The lowest BCUT2D eigenvalue weighted by Crippen LogP contribution is -2.47. The number of aliphatic hydroxyl groups excluding tert-OH is 1. The number of carbonyl (C=O) groups is 2. The number of urea groups is 1. The number of anilines is 2. The molecule has 254 valence electrons. The van der Waals surface area contributed by atoms with Crippen LogP contribution in [0.25, 0.3) is 0 Å². The first-order chi connectivity index (χ1) is 21.8. The monoisotopic (exact) mass is 648 g/mol. The molecule has 2 aromatic carbocycles. The van der Waals surface area contributed by atoms with Crippen molar-refractivity contribution in [1.29, 1.82) is 0 Å². The highest BCUT2D eigenvalue weighted by atomic mass is 19.4. The second-order valence-electron chi connectivity index (χ2n) is 12.8. The van der Waals surface area contributed by atoms with Gasteiger partial charge in [0.2, 0.25) is 0 Å². The summed E-state index contributed by atoms with van der Waals surface area (Å²) in [5, 5.41) is 15.3. The molecule has 0 saturated heterocycles. The van der Waals surface area contributed by atoms with E-state index in [2.05, 4.69) is 29.5 Å². The molecule has 9 nitrogen and oxygen atoms in total. The van der Waals surface area contributed by atoms with E-state index in [1.54, 1.807) is 24.0 Å². The van der Waals surface area contributed by atoms with Crippen molar-refractivity contribution in [3.05, 3.63) is 53.6 Å². The average Bonchev–Trinajstić information content (AvgIpc) is 3.82. The lowest BCUT2D eigenvalue weighted by Gasteiger charge is -2.36. The molecule has 0 aromatic heterocycles. The van der Waals surface area contributed by atoms with Crippen molar-refractivity contribution < 1.29 is 37.3 Å². The van der Waals surface area contributed by atoms with Gasteiger partial charge in [-0.05, 0) is 101 Å². The first-order valence-corrected chi connectivity index (χ1v) is 16.1. The van der Waals surface area contributed by atoms with Gasteiger partial charge < -0.3 is 35.0 Å². The number of aliphatic hydroxyl groups is 1. The van der Waals surface area contributed by atoms with Crippen molar-refractivity contribution in [3.63, 3.8) is 0 Å². The molecule has 0 bridgehead atoms. The van der Waals surface area contributed by atoms with Crippen molar-refractivity contribution in [2.24, 2.45) is 11.8 Å². The summed E-state index contributed by atoms with van der Waals surface area (Å²) in [4.78, 5) is 31.0. The Bertz CT molecular complexity index is 1300. The lowest BCUT2D eigenvalue weighted by molar-refractivity contribution is -0.137. The Morgan fingerprint density at radius 3 is 2.37 bits per heavy atom. The number of amides is 3. The summed E-state index contributed by atoms with van der Waals surface area (Å²) in [7, 11) is 2.11. The predicted molar refractivity (Wildman–Crippen MR) is 171 cm³/mol. The number of carbonyl (C=O) groups excluding carboxylic acids is 2. The molecule has 2 aliphatic rings. The lowest BCUT2D eigenvalue weighted by atomic mass is 10.0.